The summed E-state index contributed by atoms with van der Waals surface area (Å²) in [5.74, 6) is -0.0524. The van der Waals surface area contributed by atoms with Crippen LogP contribution in [0.1, 0.15) is 32.1 Å². The first-order valence-corrected chi connectivity index (χ1v) is 9.20. The smallest absolute Gasteiger partial charge is 0.340 e. The molecule has 2 aromatic heterocycles. The molecule has 0 saturated carbocycles. The molecule has 2 N–H and O–H groups in total. The second-order valence-corrected chi connectivity index (χ2v) is 6.38. The van der Waals surface area contributed by atoms with E-state index in [1.807, 2.05) is 0 Å². The van der Waals surface area contributed by atoms with Gasteiger partial charge in [0.05, 0.1) is 18.4 Å². The Morgan fingerprint density at radius 1 is 1.17 bits per heavy atom. The number of aromatic nitrogens is 3. The number of carbonyl (C=O) groups excluding carboxylic acids is 2. The van der Waals surface area contributed by atoms with E-state index in [0.29, 0.717) is 40.7 Å². The summed E-state index contributed by atoms with van der Waals surface area (Å²) in [5, 5.41) is 2.80. The first-order valence-electron chi connectivity index (χ1n) is 9.20. The van der Waals surface area contributed by atoms with Crippen LogP contribution in [0.25, 0.3) is 0 Å². The van der Waals surface area contributed by atoms with Gasteiger partial charge in [0.15, 0.2) is 0 Å². The van der Waals surface area contributed by atoms with Crippen LogP contribution in [0.15, 0.2) is 42.9 Å². The van der Waals surface area contributed by atoms with E-state index >= 15 is 0 Å². The van der Waals surface area contributed by atoms with Gasteiger partial charge in [-0.3, -0.25) is 9.78 Å². The maximum atomic E-state index is 12.8. The highest BCUT2D eigenvalue weighted by Gasteiger charge is 2.23. The average molecular weight is 410 g/mol. The molecule has 0 fully saturated rings. The van der Waals surface area contributed by atoms with Gasteiger partial charge in [-0.1, -0.05) is 6.07 Å². The van der Waals surface area contributed by atoms with Gasteiger partial charge in [-0.05, 0) is 31.5 Å². The Hall–Kier alpha value is -3.72. The second kappa shape index (κ2) is 9.66. The van der Waals surface area contributed by atoms with Crippen molar-refractivity contribution in [3.8, 4) is 11.6 Å². The third kappa shape index (κ3) is 5.00. The van der Waals surface area contributed by atoms with Crippen LogP contribution in [-0.4, -0.2) is 47.2 Å². The Bertz CT molecular complexity index is 1030. The number of methoxy groups -OCH3 is 1. The number of hydrogen-bond acceptors (Lipinski definition) is 7. The number of hydrogen-bond donors (Lipinski definition) is 2. The number of aryl methyl sites for hydroxylation is 1. The topological polar surface area (TPSA) is 115 Å². The number of amides is 1. The van der Waals surface area contributed by atoms with Crippen LogP contribution >= 0.6 is 0 Å². The number of nitrogens with one attached hydrogen (secondary N) is 2. The van der Waals surface area contributed by atoms with Gasteiger partial charge in [-0.2, -0.15) is 0 Å². The summed E-state index contributed by atoms with van der Waals surface area (Å²) < 4.78 is 15.7. The quantitative estimate of drug-likeness (QED) is 0.432. The molecular formula is C21H22N4O5. The van der Waals surface area contributed by atoms with Crippen LogP contribution in [-0.2, 0) is 9.47 Å². The zero-order valence-corrected chi connectivity index (χ0v) is 16.9. The molecule has 2 heterocycles. The molecule has 3 rings (SSSR count). The normalized spacial score (nSPS) is 10.5. The van der Waals surface area contributed by atoms with Crippen molar-refractivity contribution in [2.24, 2.45) is 0 Å². The van der Waals surface area contributed by atoms with Crippen molar-refractivity contribution in [1.29, 1.82) is 0 Å². The summed E-state index contributed by atoms with van der Waals surface area (Å²) in [6.45, 7) is 3.85. The summed E-state index contributed by atoms with van der Waals surface area (Å²) >= 11 is 0. The van der Waals surface area contributed by atoms with Crippen LogP contribution in [0.2, 0.25) is 0 Å². The first kappa shape index (κ1) is 21.0. The highest BCUT2D eigenvalue weighted by Crippen LogP contribution is 2.24. The van der Waals surface area contributed by atoms with E-state index in [1.165, 1.54) is 19.5 Å². The minimum atomic E-state index is -0.503. The largest absolute Gasteiger partial charge is 0.460 e. The van der Waals surface area contributed by atoms with E-state index in [9.17, 15) is 9.59 Å². The van der Waals surface area contributed by atoms with Crippen molar-refractivity contribution >= 4 is 17.6 Å². The number of benzene rings is 1. The summed E-state index contributed by atoms with van der Waals surface area (Å²) in [5.41, 5.74) is 2.22. The van der Waals surface area contributed by atoms with Crippen molar-refractivity contribution < 1.29 is 23.8 Å². The zero-order chi connectivity index (χ0) is 21.5. The van der Waals surface area contributed by atoms with Crippen molar-refractivity contribution in [3.63, 3.8) is 0 Å². The second-order valence-electron chi connectivity index (χ2n) is 6.38. The summed E-state index contributed by atoms with van der Waals surface area (Å²) in [6.07, 6.45) is 4.56. The van der Waals surface area contributed by atoms with Gasteiger partial charge in [0.2, 0.25) is 5.88 Å². The van der Waals surface area contributed by atoms with Gasteiger partial charge >= 0.3 is 5.97 Å². The molecule has 9 heteroatoms. The molecule has 30 heavy (non-hydrogen) atoms. The molecule has 9 nitrogen and oxygen atoms in total. The molecule has 0 aliphatic heterocycles. The van der Waals surface area contributed by atoms with E-state index in [4.69, 9.17) is 14.2 Å². The molecule has 0 aliphatic rings. The Labute approximate surface area is 173 Å². The van der Waals surface area contributed by atoms with Crippen LogP contribution in [0, 0.1) is 13.8 Å². The Balaban J connectivity index is 1.73. The summed E-state index contributed by atoms with van der Waals surface area (Å²) in [4.78, 5) is 36.1. The molecular weight excluding hydrogens is 388 g/mol. The fourth-order valence-electron chi connectivity index (χ4n) is 2.86. The van der Waals surface area contributed by atoms with Gasteiger partial charge in [0, 0.05) is 37.0 Å². The minimum Gasteiger partial charge on any atom is -0.460 e. The van der Waals surface area contributed by atoms with Crippen molar-refractivity contribution in [1.82, 2.24) is 15.0 Å². The molecule has 1 aromatic carbocycles. The SMILES string of the molecule is COCCOC(=O)c1c(C)[nH]c(C(=O)Nc2cccc(Oc3cnccn3)c2)c1C. The lowest BCUT2D eigenvalue weighted by atomic mass is 10.1. The number of carbonyl (C=O) groups is 2. The molecule has 0 radical (unpaired) electrons. The lowest BCUT2D eigenvalue weighted by Crippen LogP contribution is -2.14. The van der Waals surface area contributed by atoms with Gasteiger partial charge in [0.25, 0.3) is 5.91 Å². The third-order valence-electron chi connectivity index (χ3n) is 4.24. The maximum Gasteiger partial charge on any atom is 0.340 e. The van der Waals surface area contributed by atoms with Crippen molar-refractivity contribution in [2.75, 3.05) is 25.6 Å². The predicted octanol–water partition coefficient (Wildman–Crippen LogP) is 3.27. The molecule has 1 amide bonds. The highest BCUT2D eigenvalue weighted by molar-refractivity contribution is 6.06. The first-order chi connectivity index (χ1) is 14.5. The van der Waals surface area contributed by atoms with E-state index in [1.54, 1.807) is 44.3 Å². The van der Waals surface area contributed by atoms with Crippen LogP contribution in [0.4, 0.5) is 5.69 Å². The van der Waals surface area contributed by atoms with Gasteiger partial charge in [0.1, 0.15) is 18.1 Å². The molecule has 0 unspecified atom stereocenters. The molecule has 0 saturated heterocycles. The van der Waals surface area contributed by atoms with Crippen LogP contribution in [0.3, 0.4) is 0 Å². The van der Waals surface area contributed by atoms with Crippen LogP contribution < -0.4 is 10.1 Å². The van der Waals surface area contributed by atoms with Crippen LogP contribution in [0.5, 0.6) is 11.6 Å². The number of rotatable bonds is 8. The standard InChI is InChI=1S/C21H22N4O5/c1-13-18(21(27)29-10-9-28-3)14(2)24-19(13)20(26)25-15-5-4-6-16(11-15)30-17-12-22-7-8-23-17/h4-8,11-12,24H,9-10H2,1-3H3,(H,25,26). The molecule has 0 bridgehead atoms. The Morgan fingerprint density at radius 3 is 2.73 bits per heavy atom. The number of H-pyrrole nitrogens is 1. The zero-order valence-electron chi connectivity index (χ0n) is 16.9. The fourth-order valence-corrected chi connectivity index (χ4v) is 2.86. The predicted molar refractivity (Wildman–Crippen MR) is 109 cm³/mol. The number of esters is 1. The lowest BCUT2D eigenvalue weighted by Gasteiger charge is -2.08. The fraction of sp³-hybridized carbons (Fsp3) is 0.238. The summed E-state index contributed by atoms with van der Waals surface area (Å²) in [7, 11) is 1.52. The van der Waals surface area contributed by atoms with E-state index in [-0.39, 0.29) is 18.2 Å². The third-order valence-corrected chi connectivity index (χ3v) is 4.24. The summed E-state index contributed by atoms with van der Waals surface area (Å²) in [6, 6.07) is 6.87. The Morgan fingerprint density at radius 2 is 2.00 bits per heavy atom. The average Bonchev–Trinajstić information content (AvgIpc) is 3.03. The van der Waals surface area contributed by atoms with E-state index in [2.05, 4.69) is 20.3 Å². The number of aromatic amines is 1. The highest BCUT2D eigenvalue weighted by atomic mass is 16.6. The molecule has 0 spiro atoms. The molecule has 156 valence electrons. The lowest BCUT2D eigenvalue weighted by molar-refractivity contribution is 0.0387. The molecule has 0 atom stereocenters. The monoisotopic (exact) mass is 410 g/mol. The van der Waals surface area contributed by atoms with Gasteiger partial charge in [-0.15, -0.1) is 0 Å². The van der Waals surface area contributed by atoms with Gasteiger partial charge in [-0.25, -0.2) is 9.78 Å². The minimum absolute atomic E-state index is 0.138. The van der Waals surface area contributed by atoms with Gasteiger partial charge < -0.3 is 24.5 Å². The molecule has 3 aromatic rings. The van der Waals surface area contributed by atoms with Crippen molar-refractivity contribution in [3.05, 3.63) is 65.4 Å². The molecule has 0 aliphatic carbocycles. The van der Waals surface area contributed by atoms with E-state index < -0.39 is 5.97 Å². The number of anilines is 1. The Kier molecular flexibility index (Phi) is 6.76. The number of ether oxygens (including phenoxy) is 3. The maximum absolute atomic E-state index is 12.8. The number of nitrogens with zero attached hydrogens (tertiary/aromatic N) is 2. The van der Waals surface area contributed by atoms with Crippen molar-refractivity contribution in [2.45, 2.75) is 13.8 Å². The van der Waals surface area contributed by atoms with E-state index in [0.717, 1.165) is 0 Å².